The van der Waals surface area contributed by atoms with Gasteiger partial charge in [-0.2, -0.15) is 0 Å². The fourth-order valence-electron chi connectivity index (χ4n) is 10.6. The molecule has 4 amide bonds. The van der Waals surface area contributed by atoms with Gasteiger partial charge >= 0.3 is 11.9 Å². The molecule has 3 aromatic carbocycles. The average molecular weight is 1070 g/mol. The highest BCUT2D eigenvalue weighted by atomic mass is 32.2. The molecule has 3 aromatic rings. The standard InChI is InChI=1S/C57H73N5O13S/c1-10-57(4,5)50(64)54(68)61-26-12-11-16-41(61)56(71)75-43(23-19-35-20-24-44(72-8)45(28-35)73-9)38-14-13-15-39(29-38)74-27-25-58-51(65)37-21-17-36(18-22-37)31-60-32-40(30-42(60)52(66)59(6)7)76-49-33(2)47-46(34(3)63)53(67)62(47)48(49)55(69)70/h13-15,17-18,20-22,24,28-29,33-34,40-43,46-47,63H,10-12,16,19,23,25-27,30-32H2,1-9H3,(H,58,65)(H,69,70)/t33-,34-,40+,41+,42+,43-,46-,47-/m1/s1. The number of hydrogen-bond acceptors (Lipinski definition) is 14. The number of hydrogen-bond donors (Lipinski definition) is 3. The van der Waals surface area contributed by atoms with E-state index in [2.05, 4.69) is 10.2 Å². The number of likely N-dealkylation sites (tertiary alicyclic amines) is 2. The second-order valence-electron chi connectivity index (χ2n) is 21.0. The van der Waals surface area contributed by atoms with Gasteiger partial charge in [0, 0.05) is 60.8 Å². The lowest BCUT2D eigenvalue weighted by Crippen LogP contribution is -2.63. The summed E-state index contributed by atoms with van der Waals surface area (Å²) in [6, 6.07) is 18.1. The summed E-state index contributed by atoms with van der Waals surface area (Å²) in [5.41, 5.74) is 1.97. The number of aliphatic carboxylic acids is 1. The van der Waals surface area contributed by atoms with E-state index in [9.17, 15) is 43.8 Å². The minimum Gasteiger partial charge on any atom is -0.493 e. The van der Waals surface area contributed by atoms with Crippen molar-refractivity contribution in [3.8, 4) is 17.2 Å². The number of methoxy groups -OCH3 is 2. The lowest BCUT2D eigenvalue weighted by Gasteiger charge is -2.46. The number of carboxylic acids is 1. The molecule has 3 saturated heterocycles. The fourth-order valence-corrected chi connectivity index (χ4v) is 12.2. The zero-order valence-electron chi connectivity index (χ0n) is 45.0. The Balaban J connectivity index is 0.969. The van der Waals surface area contributed by atoms with Crippen LogP contribution >= 0.6 is 11.8 Å². The van der Waals surface area contributed by atoms with Crippen LogP contribution in [-0.2, 0) is 46.5 Å². The van der Waals surface area contributed by atoms with Crippen LogP contribution in [-0.4, -0.2) is 155 Å². The summed E-state index contributed by atoms with van der Waals surface area (Å²) in [5, 5.41) is 23.3. The van der Waals surface area contributed by atoms with Crippen molar-refractivity contribution in [2.24, 2.45) is 17.3 Å². The van der Waals surface area contributed by atoms with E-state index >= 15 is 0 Å². The van der Waals surface area contributed by atoms with Crippen LogP contribution in [0.4, 0.5) is 0 Å². The van der Waals surface area contributed by atoms with Crippen molar-refractivity contribution in [2.75, 3.05) is 54.6 Å². The number of thioether (sulfide) groups is 1. The SMILES string of the molecule is CCC(C)(C)C(=O)C(=O)N1CCCC[C@H]1C(=O)O[C@H](CCc1ccc(OC)c(OC)c1)c1cccc(OCCNC(=O)c2ccc(CN3C[C@@H](SC4=C(C(=O)O)N5C(=O)[C@H]([C@@H](C)O)[C@H]5[C@H]4C)C[C@H]3C(=O)N(C)C)cc2)c1. The highest BCUT2D eigenvalue weighted by Crippen LogP contribution is 2.52. The molecule has 3 N–H and O–H groups in total. The van der Waals surface area contributed by atoms with Gasteiger partial charge in [0.05, 0.1) is 44.9 Å². The zero-order valence-corrected chi connectivity index (χ0v) is 45.9. The highest BCUT2D eigenvalue weighted by Gasteiger charge is 2.60. The second-order valence-corrected chi connectivity index (χ2v) is 22.4. The van der Waals surface area contributed by atoms with Crippen molar-refractivity contribution in [2.45, 2.75) is 122 Å². The average Bonchev–Trinajstić information content (AvgIpc) is 3.92. The Morgan fingerprint density at radius 2 is 1.64 bits per heavy atom. The van der Waals surface area contributed by atoms with E-state index in [0.717, 1.165) is 11.1 Å². The molecule has 7 rings (SSSR count). The number of benzene rings is 3. The van der Waals surface area contributed by atoms with Crippen LogP contribution in [0.15, 0.2) is 77.3 Å². The number of amides is 4. The predicted molar refractivity (Wildman–Crippen MR) is 284 cm³/mol. The number of rotatable bonds is 23. The molecule has 410 valence electrons. The van der Waals surface area contributed by atoms with Gasteiger partial charge < -0.3 is 49.2 Å². The molecule has 0 spiro atoms. The molecular weight excluding hydrogens is 995 g/mol. The van der Waals surface area contributed by atoms with Gasteiger partial charge in [-0.1, -0.05) is 58.0 Å². The molecule has 76 heavy (non-hydrogen) atoms. The number of nitrogens with zero attached hydrogens (tertiary/aromatic N) is 4. The first kappa shape index (κ1) is 57.3. The van der Waals surface area contributed by atoms with Gasteiger partial charge in [-0.15, -0.1) is 11.8 Å². The second kappa shape index (κ2) is 24.7. The van der Waals surface area contributed by atoms with Gasteiger partial charge in [0.25, 0.3) is 11.8 Å². The van der Waals surface area contributed by atoms with Gasteiger partial charge in [-0.25, -0.2) is 9.59 Å². The van der Waals surface area contributed by atoms with Crippen molar-refractivity contribution >= 4 is 53.1 Å². The van der Waals surface area contributed by atoms with Crippen LogP contribution in [0.1, 0.15) is 106 Å². The number of carboxylic acid groups (broad SMARTS) is 1. The van der Waals surface area contributed by atoms with Crippen LogP contribution in [0.25, 0.3) is 0 Å². The van der Waals surface area contributed by atoms with E-state index in [1.807, 2.05) is 50.2 Å². The van der Waals surface area contributed by atoms with Crippen molar-refractivity contribution < 1.29 is 62.7 Å². The quantitative estimate of drug-likeness (QED) is 0.0427. The Morgan fingerprint density at radius 1 is 0.934 bits per heavy atom. The summed E-state index contributed by atoms with van der Waals surface area (Å²) in [7, 11) is 6.52. The maximum absolute atomic E-state index is 14.1. The molecule has 8 atom stereocenters. The van der Waals surface area contributed by atoms with Crippen LogP contribution in [0.3, 0.4) is 0 Å². The Kier molecular flexibility index (Phi) is 18.6. The van der Waals surface area contributed by atoms with E-state index < -0.39 is 65.3 Å². The number of ether oxygens (including phenoxy) is 4. The lowest BCUT2D eigenvalue weighted by atomic mass is 9.79. The van der Waals surface area contributed by atoms with Crippen LogP contribution < -0.4 is 19.5 Å². The molecule has 4 aliphatic heterocycles. The monoisotopic (exact) mass is 1070 g/mol. The third kappa shape index (κ3) is 12.5. The normalized spacial score (nSPS) is 22.3. The van der Waals surface area contributed by atoms with E-state index in [1.54, 1.807) is 84.3 Å². The molecule has 0 bridgehead atoms. The minimum atomic E-state index is -1.19. The summed E-state index contributed by atoms with van der Waals surface area (Å²) in [5.74, 6) is -3.07. The number of carbonyl (C=O) groups is 7. The Morgan fingerprint density at radius 3 is 2.30 bits per heavy atom. The van der Waals surface area contributed by atoms with E-state index in [0.29, 0.717) is 91.3 Å². The molecule has 3 fully saturated rings. The van der Waals surface area contributed by atoms with E-state index in [-0.39, 0.29) is 54.3 Å². The van der Waals surface area contributed by atoms with Gasteiger partial charge in [0.15, 0.2) is 11.5 Å². The molecule has 18 nitrogen and oxygen atoms in total. The van der Waals surface area contributed by atoms with E-state index in [1.165, 1.54) is 21.6 Å². The molecule has 0 unspecified atom stereocenters. The van der Waals surface area contributed by atoms with Gasteiger partial charge in [0.2, 0.25) is 17.6 Å². The molecular formula is C57H73N5O13S. The summed E-state index contributed by atoms with van der Waals surface area (Å²) in [6.45, 7) is 10.2. The number of likely N-dealkylation sites (N-methyl/N-ethyl adjacent to an activating group) is 1. The van der Waals surface area contributed by atoms with Crippen molar-refractivity contribution in [3.63, 3.8) is 0 Å². The Hall–Kier alpha value is -6.44. The number of carbonyl (C=O) groups excluding carboxylic acids is 6. The fraction of sp³-hybridized carbons (Fsp3) is 0.526. The molecule has 4 heterocycles. The first-order valence-electron chi connectivity index (χ1n) is 26.2. The number of nitrogens with one attached hydrogen (secondary N) is 1. The molecule has 0 saturated carbocycles. The van der Waals surface area contributed by atoms with Crippen molar-refractivity contribution in [3.05, 3.63) is 99.6 Å². The first-order chi connectivity index (χ1) is 36.2. The Bertz CT molecular complexity index is 2690. The Labute approximate surface area is 449 Å². The number of esters is 1. The largest absolute Gasteiger partial charge is 0.493 e. The number of Topliss-reactive ketones (excluding diaryl/α,β-unsaturated/α-hetero) is 1. The topological polar surface area (TPSA) is 222 Å². The van der Waals surface area contributed by atoms with Gasteiger partial charge in [-0.05, 0) is 105 Å². The van der Waals surface area contributed by atoms with Gasteiger partial charge in [-0.3, -0.25) is 28.9 Å². The maximum atomic E-state index is 14.1. The third-order valence-corrected chi connectivity index (χ3v) is 16.8. The summed E-state index contributed by atoms with van der Waals surface area (Å²) in [6.07, 6.45) is 1.90. The number of ketones is 1. The molecule has 0 radical (unpaired) electrons. The molecule has 19 heteroatoms. The van der Waals surface area contributed by atoms with Crippen LogP contribution in [0.2, 0.25) is 0 Å². The first-order valence-corrected chi connectivity index (χ1v) is 27.0. The molecule has 0 aliphatic carbocycles. The number of fused-ring (bicyclic) bond motifs is 1. The smallest absolute Gasteiger partial charge is 0.353 e. The third-order valence-electron chi connectivity index (χ3n) is 15.3. The summed E-state index contributed by atoms with van der Waals surface area (Å²) >= 11 is 1.40. The highest BCUT2D eigenvalue weighted by molar-refractivity contribution is 8.03. The van der Waals surface area contributed by atoms with Crippen molar-refractivity contribution in [1.29, 1.82) is 0 Å². The van der Waals surface area contributed by atoms with E-state index in [4.69, 9.17) is 18.9 Å². The molecule has 0 aromatic heterocycles. The van der Waals surface area contributed by atoms with Gasteiger partial charge in [0.1, 0.15) is 30.2 Å². The number of piperidine rings is 1. The number of aliphatic hydroxyl groups excluding tert-OH is 1. The van der Waals surface area contributed by atoms with Crippen LogP contribution in [0.5, 0.6) is 17.2 Å². The zero-order chi connectivity index (χ0) is 55.2. The minimum absolute atomic E-state index is 0.0398. The number of aliphatic hydroxyl groups is 1. The van der Waals surface area contributed by atoms with Crippen LogP contribution in [0, 0.1) is 17.3 Å². The summed E-state index contributed by atoms with van der Waals surface area (Å²) in [4.78, 5) is 100. The number of aryl methyl sites for hydroxylation is 1. The molecule has 4 aliphatic rings. The lowest BCUT2D eigenvalue weighted by molar-refractivity contribution is -0.164. The number of β-lactam (4-membered cyclic amide) rings is 1. The predicted octanol–water partition coefficient (Wildman–Crippen LogP) is 6.03. The maximum Gasteiger partial charge on any atom is 0.353 e. The summed E-state index contributed by atoms with van der Waals surface area (Å²) < 4.78 is 23.4. The van der Waals surface area contributed by atoms with Crippen molar-refractivity contribution in [1.82, 2.24) is 24.9 Å².